The maximum atomic E-state index is 5.84. The molecule has 0 saturated heterocycles. The maximum absolute atomic E-state index is 5.84. The Kier molecular flexibility index (Phi) is 2.10. The average molecular weight is 268 g/mol. The van der Waals surface area contributed by atoms with Crippen molar-refractivity contribution >= 4 is 40.1 Å². The van der Waals surface area contributed by atoms with E-state index in [0.717, 1.165) is 21.1 Å². The minimum absolute atomic E-state index is 0.415. The van der Waals surface area contributed by atoms with Gasteiger partial charge in [0.05, 0.1) is 11.0 Å². The summed E-state index contributed by atoms with van der Waals surface area (Å²) in [5.41, 5.74) is 8.24. The van der Waals surface area contributed by atoms with Crippen LogP contribution in [0.15, 0.2) is 40.6 Å². The van der Waals surface area contributed by atoms with Gasteiger partial charge in [0.1, 0.15) is 22.1 Å². The fourth-order valence-electron chi connectivity index (χ4n) is 1.92. The third-order valence-electron chi connectivity index (χ3n) is 2.82. The quantitative estimate of drug-likeness (QED) is 0.472. The number of aromatic nitrogens is 4. The Morgan fingerprint density at radius 1 is 1.00 bits per heavy atom. The van der Waals surface area contributed by atoms with Crippen LogP contribution >= 0.6 is 11.8 Å². The number of fused-ring (bicyclic) bond motifs is 3. The summed E-state index contributed by atoms with van der Waals surface area (Å²) in [5.74, 6) is 1.11. The molecule has 0 saturated carbocycles. The van der Waals surface area contributed by atoms with Gasteiger partial charge >= 0.3 is 0 Å². The molecule has 1 aromatic carbocycles. The molecule has 92 valence electrons. The first-order chi connectivity index (χ1) is 9.31. The number of nitrogen functional groups attached to an aromatic ring is 1. The highest BCUT2D eigenvalue weighted by Crippen LogP contribution is 2.43. The van der Waals surface area contributed by atoms with Crippen molar-refractivity contribution in [1.82, 2.24) is 19.9 Å². The maximum Gasteiger partial charge on any atom is 0.164 e. The monoisotopic (exact) mass is 268 g/mol. The van der Waals surface area contributed by atoms with E-state index in [4.69, 9.17) is 5.73 Å². The van der Waals surface area contributed by atoms with Crippen LogP contribution < -0.4 is 11.1 Å². The minimum atomic E-state index is 0.415. The Bertz CT molecular complexity index is 803. The summed E-state index contributed by atoms with van der Waals surface area (Å²) < 4.78 is 0. The van der Waals surface area contributed by atoms with E-state index in [9.17, 15) is 0 Å². The van der Waals surface area contributed by atoms with E-state index in [2.05, 4.69) is 25.3 Å². The fraction of sp³-hybridized carbons (Fsp3) is 0. The molecular formula is C12H8N6S. The molecule has 0 atom stereocenters. The summed E-state index contributed by atoms with van der Waals surface area (Å²) in [4.78, 5) is 17.3. The zero-order valence-electron chi connectivity index (χ0n) is 9.66. The molecule has 19 heavy (non-hydrogen) atoms. The molecule has 0 aliphatic carbocycles. The van der Waals surface area contributed by atoms with Crippen molar-refractivity contribution in [3.63, 3.8) is 0 Å². The Balaban J connectivity index is 1.93. The van der Waals surface area contributed by atoms with Crippen molar-refractivity contribution in [3.8, 4) is 0 Å². The smallest absolute Gasteiger partial charge is 0.164 e. The van der Waals surface area contributed by atoms with Crippen LogP contribution in [0, 0.1) is 0 Å². The van der Waals surface area contributed by atoms with Crippen LogP contribution in [0.5, 0.6) is 0 Å². The van der Waals surface area contributed by atoms with Gasteiger partial charge in [0.15, 0.2) is 11.6 Å². The Morgan fingerprint density at radius 3 is 2.63 bits per heavy atom. The van der Waals surface area contributed by atoms with E-state index < -0.39 is 0 Å². The molecule has 1 aliphatic rings. The first-order valence-corrected chi connectivity index (χ1v) is 6.45. The van der Waals surface area contributed by atoms with Crippen molar-refractivity contribution in [3.05, 3.63) is 30.6 Å². The van der Waals surface area contributed by atoms with Crippen molar-refractivity contribution in [2.45, 2.75) is 10.1 Å². The predicted octanol–water partition coefficient (Wildman–Crippen LogP) is 2.21. The van der Waals surface area contributed by atoms with Crippen molar-refractivity contribution < 1.29 is 0 Å². The van der Waals surface area contributed by atoms with E-state index in [1.54, 1.807) is 0 Å². The largest absolute Gasteiger partial charge is 0.382 e. The van der Waals surface area contributed by atoms with Gasteiger partial charge in [-0.2, -0.15) is 0 Å². The van der Waals surface area contributed by atoms with Gasteiger partial charge in [-0.25, -0.2) is 19.9 Å². The van der Waals surface area contributed by atoms with E-state index >= 15 is 0 Å². The predicted molar refractivity (Wildman–Crippen MR) is 73.4 cm³/mol. The van der Waals surface area contributed by atoms with Gasteiger partial charge in [-0.15, -0.1) is 0 Å². The van der Waals surface area contributed by atoms with Gasteiger partial charge in [-0.05, 0) is 23.9 Å². The van der Waals surface area contributed by atoms with Gasteiger partial charge in [-0.1, -0.05) is 12.1 Å². The molecule has 0 spiro atoms. The van der Waals surface area contributed by atoms with E-state index in [0.29, 0.717) is 17.3 Å². The lowest BCUT2D eigenvalue weighted by Gasteiger charge is -2.18. The molecule has 2 aromatic heterocycles. The summed E-state index contributed by atoms with van der Waals surface area (Å²) in [5, 5.41) is 4.72. The lowest BCUT2D eigenvalue weighted by Crippen LogP contribution is -2.09. The van der Waals surface area contributed by atoms with Crippen LogP contribution in [0.3, 0.4) is 0 Å². The zero-order valence-corrected chi connectivity index (χ0v) is 10.5. The third-order valence-corrected chi connectivity index (χ3v) is 3.80. The number of nitrogens with one attached hydrogen (secondary N) is 1. The molecule has 0 amide bonds. The Labute approximate surface area is 112 Å². The van der Waals surface area contributed by atoms with Crippen LogP contribution in [0.1, 0.15) is 0 Å². The number of para-hydroxylation sites is 2. The highest BCUT2D eigenvalue weighted by molar-refractivity contribution is 7.99. The number of benzene rings is 1. The summed E-state index contributed by atoms with van der Waals surface area (Å²) in [7, 11) is 0. The van der Waals surface area contributed by atoms with Gasteiger partial charge < -0.3 is 11.1 Å². The summed E-state index contributed by atoms with van der Waals surface area (Å²) >= 11 is 1.44. The first kappa shape index (κ1) is 10.5. The number of anilines is 3. The van der Waals surface area contributed by atoms with Crippen molar-refractivity contribution in [1.29, 1.82) is 0 Å². The summed E-state index contributed by atoms with van der Waals surface area (Å²) in [6, 6.07) is 7.74. The lowest BCUT2D eigenvalue weighted by atomic mass is 10.3. The molecule has 3 aromatic rings. The molecule has 0 fully saturated rings. The lowest BCUT2D eigenvalue weighted by molar-refractivity contribution is 1.02. The van der Waals surface area contributed by atoms with Crippen LogP contribution in [0.25, 0.3) is 11.0 Å². The van der Waals surface area contributed by atoms with Crippen LogP contribution in [0.2, 0.25) is 0 Å². The highest BCUT2D eigenvalue weighted by atomic mass is 32.2. The first-order valence-electron chi connectivity index (χ1n) is 5.63. The topological polar surface area (TPSA) is 89.6 Å². The Morgan fingerprint density at radius 2 is 1.79 bits per heavy atom. The number of nitrogens with two attached hydrogens (primary N) is 1. The minimum Gasteiger partial charge on any atom is -0.382 e. The second-order valence-corrected chi connectivity index (χ2v) is 5.01. The standard InChI is InChI=1S/C12H8N6S/c13-9-8-11(15-5-14-9)19-12-10(18-8)16-6-3-1-2-4-7(6)17-12/h1-5H,(H,16,18)(H2,13,14,15). The normalized spacial score (nSPS) is 12.6. The van der Waals surface area contributed by atoms with Gasteiger partial charge in [0.25, 0.3) is 0 Å². The molecule has 0 unspecified atom stereocenters. The number of hydrogen-bond acceptors (Lipinski definition) is 7. The third kappa shape index (κ3) is 1.59. The van der Waals surface area contributed by atoms with Crippen LogP contribution in [0.4, 0.5) is 17.3 Å². The van der Waals surface area contributed by atoms with Crippen molar-refractivity contribution in [2.24, 2.45) is 0 Å². The molecule has 6 nitrogen and oxygen atoms in total. The van der Waals surface area contributed by atoms with Gasteiger partial charge in [0.2, 0.25) is 0 Å². The average Bonchev–Trinajstić information content (AvgIpc) is 2.44. The second-order valence-electron chi connectivity index (χ2n) is 4.03. The highest BCUT2D eigenvalue weighted by Gasteiger charge is 2.22. The van der Waals surface area contributed by atoms with E-state index in [1.807, 2.05) is 24.3 Å². The van der Waals surface area contributed by atoms with Gasteiger partial charge in [0, 0.05) is 0 Å². The number of hydrogen-bond donors (Lipinski definition) is 2. The molecule has 4 rings (SSSR count). The molecule has 7 heteroatoms. The van der Waals surface area contributed by atoms with Crippen LogP contribution in [-0.4, -0.2) is 19.9 Å². The zero-order chi connectivity index (χ0) is 12.8. The SMILES string of the molecule is Nc1ncnc2c1Nc1nc3ccccc3nc1S2. The fourth-order valence-corrected chi connectivity index (χ4v) is 2.80. The molecule has 3 heterocycles. The van der Waals surface area contributed by atoms with E-state index in [1.165, 1.54) is 18.1 Å². The van der Waals surface area contributed by atoms with Crippen molar-refractivity contribution in [2.75, 3.05) is 11.1 Å². The van der Waals surface area contributed by atoms with Gasteiger partial charge in [-0.3, -0.25) is 0 Å². The Hall–Kier alpha value is -2.41. The molecule has 0 bridgehead atoms. The molecule has 3 N–H and O–H groups in total. The summed E-state index contributed by atoms with van der Waals surface area (Å²) in [6.07, 6.45) is 1.45. The van der Waals surface area contributed by atoms with E-state index in [-0.39, 0.29) is 0 Å². The number of nitrogens with zero attached hydrogens (tertiary/aromatic N) is 4. The molecule has 0 radical (unpaired) electrons. The molecule has 1 aliphatic heterocycles. The second kappa shape index (κ2) is 3.79. The molecular weight excluding hydrogens is 260 g/mol. The number of rotatable bonds is 0. The van der Waals surface area contributed by atoms with Crippen LogP contribution in [-0.2, 0) is 0 Å². The summed E-state index contributed by atoms with van der Waals surface area (Å²) in [6.45, 7) is 0.